The van der Waals surface area contributed by atoms with Crippen LogP contribution < -0.4 is 11.5 Å². The van der Waals surface area contributed by atoms with E-state index in [0.717, 1.165) is 23.8 Å². The molecule has 0 radical (unpaired) electrons. The van der Waals surface area contributed by atoms with Crippen LogP contribution >= 0.6 is 0 Å². The number of hydrogen-bond donors (Lipinski definition) is 3. The van der Waals surface area contributed by atoms with E-state index in [1.807, 2.05) is 55.7 Å². The molecule has 2 atom stereocenters. The van der Waals surface area contributed by atoms with Crippen molar-refractivity contribution in [3.8, 4) is 11.1 Å². The van der Waals surface area contributed by atoms with E-state index in [9.17, 15) is 23.5 Å². The predicted octanol–water partition coefficient (Wildman–Crippen LogP) is 3.59. The van der Waals surface area contributed by atoms with E-state index >= 15 is 0 Å². The molecule has 9 heteroatoms. The van der Waals surface area contributed by atoms with E-state index in [1.54, 1.807) is 12.3 Å². The number of nitrogens with two attached hydrogens (primary N) is 2. The van der Waals surface area contributed by atoms with Crippen molar-refractivity contribution in [2.24, 2.45) is 16.9 Å². The Bertz CT molecular complexity index is 1240. The van der Waals surface area contributed by atoms with E-state index in [4.69, 9.17) is 11.5 Å². The van der Waals surface area contributed by atoms with Crippen LogP contribution in [0.2, 0.25) is 0 Å². The van der Waals surface area contributed by atoms with Gasteiger partial charge in [-0.15, -0.1) is 0 Å². The minimum atomic E-state index is -0.970. The smallest absolute Gasteiger partial charge is 0.248 e. The molecule has 0 spiro atoms. The van der Waals surface area contributed by atoms with Crippen molar-refractivity contribution in [1.82, 2.24) is 9.47 Å². The molecule has 1 heterocycles. The Morgan fingerprint density at radius 1 is 1.08 bits per heavy atom. The van der Waals surface area contributed by atoms with Gasteiger partial charge in [0.2, 0.25) is 11.8 Å². The summed E-state index contributed by atoms with van der Waals surface area (Å²) in [5.41, 5.74) is 12.8. The largest absolute Gasteiger partial charge is 0.387 e. The van der Waals surface area contributed by atoms with E-state index in [0.29, 0.717) is 17.8 Å². The number of benzene rings is 2. The molecule has 1 unspecified atom stereocenters. The summed E-state index contributed by atoms with van der Waals surface area (Å²) in [5.74, 6) is -2.39. The second kappa shape index (κ2) is 11.7. The predicted molar refractivity (Wildman–Crippen MR) is 138 cm³/mol. The van der Waals surface area contributed by atoms with Crippen LogP contribution in [-0.4, -0.2) is 45.6 Å². The SMILES string of the molecule is CC(C)(C)[C@H](c1cc(-c2cc(F)ccc2F)cn1Cc1ccccc1)N(CCC(N)C(N)=O)C(=O)CO. The first-order chi connectivity index (χ1) is 17.4. The number of aliphatic hydroxyl groups is 1. The number of nitrogens with zero attached hydrogens (tertiary/aromatic N) is 2. The van der Waals surface area contributed by atoms with Gasteiger partial charge in [0.1, 0.15) is 18.2 Å². The van der Waals surface area contributed by atoms with Crippen molar-refractivity contribution < 1.29 is 23.5 Å². The van der Waals surface area contributed by atoms with Crippen molar-refractivity contribution in [3.05, 3.63) is 83.7 Å². The van der Waals surface area contributed by atoms with Gasteiger partial charge in [0.15, 0.2) is 0 Å². The van der Waals surface area contributed by atoms with E-state index in [1.165, 1.54) is 4.90 Å². The van der Waals surface area contributed by atoms with Gasteiger partial charge < -0.3 is 26.0 Å². The third-order valence-corrected chi connectivity index (χ3v) is 6.28. The lowest BCUT2D eigenvalue weighted by atomic mass is 9.82. The summed E-state index contributed by atoms with van der Waals surface area (Å²) in [7, 11) is 0. The molecule has 198 valence electrons. The molecule has 0 aliphatic rings. The van der Waals surface area contributed by atoms with Crippen LogP contribution in [0.5, 0.6) is 0 Å². The molecule has 1 aromatic heterocycles. The fraction of sp³-hybridized carbons (Fsp3) is 0.357. The average molecular weight is 513 g/mol. The second-order valence-electron chi connectivity index (χ2n) is 10.2. The van der Waals surface area contributed by atoms with Crippen molar-refractivity contribution in [3.63, 3.8) is 0 Å². The van der Waals surface area contributed by atoms with Gasteiger partial charge in [-0.2, -0.15) is 0 Å². The number of aliphatic hydroxyl groups excluding tert-OH is 1. The molecule has 3 rings (SSSR count). The van der Waals surface area contributed by atoms with Crippen LogP contribution in [0, 0.1) is 17.0 Å². The quantitative estimate of drug-likeness (QED) is 0.385. The van der Waals surface area contributed by atoms with Gasteiger partial charge in [0.05, 0.1) is 12.1 Å². The topological polar surface area (TPSA) is 115 Å². The monoisotopic (exact) mass is 512 g/mol. The molecule has 3 aromatic rings. The zero-order valence-corrected chi connectivity index (χ0v) is 21.3. The number of hydrogen-bond acceptors (Lipinski definition) is 4. The fourth-order valence-corrected chi connectivity index (χ4v) is 4.52. The fourth-order valence-electron chi connectivity index (χ4n) is 4.52. The van der Waals surface area contributed by atoms with Gasteiger partial charge in [0, 0.05) is 36.1 Å². The van der Waals surface area contributed by atoms with Gasteiger partial charge >= 0.3 is 0 Å². The molecule has 0 bridgehead atoms. The van der Waals surface area contributed by atoms with Gasteiger partial charge in [-0.05, 0) is 41.7 Å². The highest BCUT2D eigenvalue weighted by atomic mass is 19.1. The molecule has 2 amide bonds. The minimum absolute atomic E-state index is 0.0611. The van der Waals surface area contributed by atoms with Crippen LogP contribution in [0.25, 0.3) is 11.1 Å². The van der Waals surface area contributed by atoms with Crippen molar-refractivity contribution >= 4 is 11.8 Å². The van der Waals surface area contributed by atoms with Crippen molar-refractivity contribution in [1.29, 1.82) is 0 Å². The number of halogens is 2. The first-order valence-corrected chi connectivity index (χ1v) is 12.1. The minimum Gasteiger partial charge on any atom is -0.387 e. The standard InChI is InChI=1S/C28H34F2N4O3/c1-28(2,3)26(34(25(36)17-35)12-11-23(31)27(32)37)24-13-19(21-14-20(29)9-10-22(21)30)16-33(24)15-18-7-5-4-6-8-18/h4-10,13-14,16,23,26,35H,11-12,15,17,31H2,1-3H3,(H2,32,37)/t23?,26-/m0/s1. The summed E-state index contributed by atoms with van der Waals surface area (Å²) >= 11 is 0. The Hall–Kier alpha value is -3.56. The van der Waals surface area contributed by atoms with E-state index in [2.05, 4.69) is 0 Å². The van der Waals surface area contributed by atoms with Gasteiger partial charge in [-0.3, -0.25) is 9.59 Å². The summed E-state index contributed by atoms with van der Waals surface area (Å²) in [6.07, 6.45) is 1.83. The Labute approximate surface area is 215 Å². The second-order valence-corrected chi connectivity index (χ2v) is 10.2. The molecule has 7 nitrogen and oxygen atoms in total. The maximum atomic E-state index is 14.8. The summed E-state index contributed by atoms with van der Waals surface area (Å²) < 4.78 is 30.7. The number of aromatic nitrogens is 1. The lowest BCUT2D eigenvalue weighted by Crippen LogP contribution is -2.46. The molecule has 0 saturated carbocycles. The Balaban J connectivity index is 2.18. The lowest BCUT2D eigenvalue weighted by Gasteiger charge is -2.41. The van der Waals surface area contributed by atoms with E-state index in [-0.39, 0.29) is 18.5 Å². The van der Waals surface area contributed by atoms with Crippen LogP contribution in [-0.2, 0) is 16.1 Å². The number of rotatable bonds is 10. The molecule has 2 aromatic carbocycles. The summed E-state index contributed by atoms with van der Waals surface area (Å²) in [6, 6.07) is 13.0. The summed E-state index contributed by atoms with van der Waals surface area (Å²) in [6.45, 7) is 5.53. The molecule has 0 aliphatic heterocycles. The van der Waals surface area contributed by atoms with Gasteiger partial charge in [0.25, 0.3) is 0 Å². The number of carbonyl (C=O) groups is 2. The Kier molecular flexibility index (Phi) is 8.83. The highest BCUT2D eigenvalue weighted by Gasteiger charge is 2.37. The molecule has 5 N–H and O–H groups in total. The average Bonchev–Trinajstić information content (AvgIpc) is 3.24. The highest BCUT2D eigenvalue weighted by Crippen LogP contribution is 2.41. The highest BCUT2D eigenvalue weighted by molar-refractivity contribution is 5.80. The lowest BCUT2D eigenvalue weighted by molar-refractivity contribution is -0.140. The maximum Gasteiger partial charge on any atom is 0.248 e. The molecule has 0 saturated heterocycles. The maximum absolute atomic E-state index is 14.8. The Morgan fingerprint density at radius 3 is 2.35 bits per heavy atom. The van der Waals surface area contributed by atoms with Gasteiger partial charge in [-0.25, -0.2) is 8.78 Å². The number of carbonyl (C=O) groups excluding carboxylic acids is 2. The zero-order chi connectivity index (χ0) is 27.3. The first-order valence-electron chi connectivity index (χ1n) is 12.1. The zero-order valence-electron chi connectivity index (χ0n) is 21.3. The molecular formula is C28H34F2N4O3. The molecule has 0 fully saturated rings. The summed E-state index contributed by atoms with van der Waals surface area (Å²) in [4.78, 5) is 26.0. The van der Waals surface area contributed by atoms with Crippen LogP contribution in [0.3, 0.4) is 0 Å². The number of amides is 2. The van der Waals surface area contributed by atoms with Crippen LogP contribution in [0.1, 0.15) is 44.5 Å². The molecular weight excluding hydrogens is 478 g/mol. The van der Waals surface area contributed by atoms with Crippen LogP contribution in [0.15, 0.2) is 60.8 Å². The van der Waals surface area contributed by atoms with Crippen molar-refractivity contribution in [2.75, 3.05) is 13.2 Å². The third kappa shape index (κ3) is 6.81. The number of primary amides is 1. The first kappa shape index (κ1) is 28.0. The summed E-state index contributed by atoms with van der Waals surface area (Å²) in [5, 5.41) is 9.78. The molecule has 0 aliphatic carbocycles. The van der Waals surface area contributed by atoms with Crippen molar-refractivity contribution in [2.45, 2.75) is 45.8 Å². The molecule has 37 heavy (non-hydrogen) atoms. The van der Waals surface area contributed by atoms with E-state index < -0.39 is 47.6 Å². The normalized spacial score (nSPS) is 13.3. The third-order valence-electron chi connectivity index (χ3n) is 6.28. The van der Waals surface area contributed by atoms with Gasteiger partial charge in [-0.1, -0.05) is 51.1 Å². The Morgan fingerprint density at radius 2 is 1.76 bits per heavy atom. The van der Waals surface area contributed by atoms with Crippen LogP contribution in [0.4, 0.5) is 8.78 Å².